The van der Waals surface area contributed by atoms with Crippen LogP contribution in [-0.2, 0) is 6.54 Å². The van der Waals surface area contributed by atoms with Gasteiger partial charge in [0.25, 0.3) is 6.43 Å². The van der Waals surface area contributed by atoms with Gasteiger partial charge in [-0.25, -0.2) is 13.6 Å². The third-order valence-corrected chi connectivity index (χ3v) is 3.88. The van der Waals surface area contributed by atoms with Crippen LogP contribution in [0.15, 0.2) is 24.3 Å². The number of carbonyl (C=O) groups is 1. The number of nitrogens with zero attached hydrogens (tertiary/aromatic N) is 1. The standard InChI is InChI=1S/C16H22F2N2O3/c17-15(18)11-23-14-3-1-2-13(8-14)9-19-16(22)20-6-4-12(10-21)5-7-20/h1-3,8,12,15,21H,4-7,9-11H2,(H,19,22). The largest absolute Gasteiger partial charge is 0.488 e. The fourth-order valence-corrected chi connectivity index (χ4v) is 2.51. The Kier molecular flexibility index (Phi) is 6.58. The lowest BCUT2D eigenvalue weighted by Crippen LogP contribution is -2.44. The Balaban J connectivity index is 1.79. The molecule has 1 aliphatic heterocycles. The maximum atomic E-state index is 12.1. The van der Waals surface area contributed by atoms with Crippen LogP contribution in [0.2, 0.25) is 0 Å². The van der Waals surface area contributed by atoms with Crippen molar-refractivity contribution in [3.05, 3.63) is 29.8 Å². The first-order chi connectivity index (χ1) is 11.1. The van der Waals surface area contributed by atoms with E-state index in [2.05, 4.69) is 5.32 Å². The Morgan fingerprint density at radius 3 is 2.78 bits per heavy atom. The predicted molar refractivity (Wildman–Crippen MR) is 81.6 cm³/mol. The predicted octanol–water partition coefficient (Wildman–Crippen LogP) is 2.24. The van der Waals surface area contributed by atoms with E-state index in [1.807, 2.05) is 0 Å². The summed E-state index contributed by atoms with van der Waals surface area (Å²) in [6.45, 7) is 1.10. The van der Waals surface area contributed by atoms with Crippen LogP contribution in [0.3, 0.4) is 0 Å². The molecule has 23 heavy (non-hydrogen) atoms. The summed E-state index contributed by atoms with van der Waals surface area (Å²) in [5.41, 5.74) is 0.787. The number of aliphatic hydroxyl groups excluding tert-OH is 1. The van der Waals surface area contributed by atoms with Crippen LogP contribution in [0.4, 0.5) is 13.6 Å². The second-order valence-electron chi connectivity index (χ2n) is 5.62. The molecule has 7 heteroatoms. The van der Waals surface area contributed by atoms with Crippen molar-refractivity contribution in [1.29, 1.82) is 0 Å². The number of likely N-dealkylation sites (tertiary alicyclic amines) is 1. The Labute approximate surface area is 134 Å². The number of ether oxygens (including phenoxy) is 1. The summed E-state index contributed by atoms with van der Waals surface area (Å²) in [5.74, 6) is 0.642. The molecule has 0 saturated carbocycles. The highest BCUT2D eigenvalue weighted by molar-refractivity contribution is 5.74. The summed E-state index contributed by atoms with van der Waals surface area (Å²) < 4.78 is 29.2. The van der Waals surface area contributed by atoms with Crippen LogP contribution in [0.1, 0.15) is 18.4 Å². The van der Waals surface area contributed by atoms with E-state index in [0.717, 1.165) is 18.4 Å². The van der Waals surface area contributed by atoms with E-state index < -0.39 is 13.0 Å². The zero-order valence-corrected chi connectivity index (χ0v) is 12.9. The quantitative estimate of drug-likeness (QED) is 0.842. The number of rotatable bonds is 6. The highest BCUT2D eigenvalue weighted by Gasteiger charge is 2.21. The molecule has 2 N–H and O–H groups in total. The number of urea groups is 1. The van der Waals surface area contributed by atoms with Crippen molar-refractivity contribution in [2.75, 3.05) is 26.3 Å². The summed E-state index contributed by atoms with van der Waals surface area (Å²) in [6, 6.07) is 6.59. The fraction of sp³-hybridized carbons (Fsp3) is 0.562. The van der Waals surface area contributed by atoms with Crippen molar-refractivity contribution in [2.24, 2.45) is 5.92 Å². The summed E-state index contributed by atoms with van der Waals surface area (Å²) in [6.07, 6.45) is -0.901. The molecule has 0 aliphatic carbocycles. The summed E-state index contributed by atoms with van der Waals surface area (Å²) in [7, 11) is 0. The molecule has 128 valence electrons. The molecule has 0 unspecified atom stereocenters. The topological polar surface area (TPSA) is 61.8 Å². The minimum atomic E-state index is -2.51. The zero-order valence-electron chi connectivity index (χ0n) is 12.9. The molecular weight excluding hydrogens is 306 g/mol. The SMILES string of the molecule is O=C(NCc1cccc(OCC(F)F)c1)N1CCC(CO)CC1. The van der Waals surface area contributed by atoms with Crippen LogP contribution >= 0.6 is 0 Å². The van der Waals surface area contributed by atoms with Gasteiger partial charge in [-0.3, -0.25) is 0 Å². The van der Waals surface area contributed by atoms with E-state index in [0.29, 0.717) is 25.4 Å². The maximum absolute atomic E-state index is 12.1. The number of nitrogens with one attached hydrogen (secondary N) is 1. The van der Waals surface area contributed by atoms with E-state index >= 15 is 0 Å². The first-order valence-corrected chi connectivity index (χ1v) is 7.72. The number of amides is 2. The molecule has 0 spiro atoms. The van der Waals surface area contributed by atoms with Crippen LogP contribution in [0.25, 0.3) is 0 Å². The molecule has 2 rings (SSSR count). The lowest BCUT2D eigenvalue weighted by molar-refractivity contribution is 0.0818. The van der Waals surface area contributed by atoms with Gasteiger partial charge in [0.05, 0.1) is 0 Å². The van der Waals surface area contributed by atoms with Crippen molar-refractivity contribution in [3.63, 3.8) is 0 Å². The minimum absolute atomic E-state index is 0.153. The molecule has 1 aromatic rings. The molecule has 2 amide bonds. The van der Waals surface area contributed by atoms with Gasteiger partial charge in [0, 0.05) is 26.2 Å². The first kappa shape index (κ1) is 17.5. The highest BCUT2D eigenvalue weighted by atomic mass is 19.3. The molecule has 1 aromatic carbocycles. The smallest absolute Gasteiger partial charge is 0.317 e. The number of benzene rings is 1. The number of halogens is 2. The van der Waals surface area contributed by atoms with E-state index in [1.54, 1.807) is 29.2 Å². The van der Waals surface area contributed by atoms with Crippen LogP contribution < -0.4 is 10.1 Å². The molecule has 0 radical (unpaired) electrons. The number of hydrogen-bond acceptors (Lipinski definition) is 3. The molecular formula is C16H22F2N2O3. The lowest BCUT2D eigenvalue weighted by Gasteiger charge is -2.31. The van der Waals surface area contributed by atoms with E-state index in [4.69, 9.17) is 9.84 Å². The van der Waals surface area contributed by atoms with E-state index in [9.17, 15) is 13.6 Å². The van der Waals surface area contributed by atoms with Crippen LogP contribution in [0.5, 0.6) is 5.75 Å². The minimum Gasteiger partial charge on any atom is -0.488 e. The molecule has 1 heterocycles. The monoisotopic (exact) mass is 328 g/mol. The van der Waals surface area contributed by atoms with Crippen molar-refractivity contribution in [2.45, 2.75) is 25.8 Å². The fourth-order valence-electron chi connectivity index (χ4n) is 2.51. The van der Waals surface area contributed by atoms with Crippen LogP contribution in [0, 0.1) is 5.92 Å². The Hall–Kier alpha value is -1.89. The second kappa shape index (κ2) is 8.67. The van der Waals surface area contributed by atoms with Crippen molar-refractivity contribution in [1.82, 2.24) is 10.2 Å². The maximum Gasteiger partial charge on any atom is 0.317 e. The number of aliphatic hydroxyl groups is 1. The van der Waals surface area contributed by atoms with Gasteiger partial charge in [-0.1, -0.05) is 12.1 Å². The van der Waals surface area contributed by atoms with Gasteiger partial charge in [0.15, 0.2) is 0 Å². The molecule has 0 atom stereocenters. The molecule has 0 bridgehead atoms. The van der Waals surface area contributed by atoms with Crippen LogP contribution in [-0.4, -0.2) is 48.8 Å². The lowest BCUT2D eigenvalue weighted by atomic mass is 9.98. The summed E-state index contributed by atoms with van der Waals surface area (Å²) in [4.78, 5) is 13.8. The Bertz CT molecular complexity index is 506. The number of piperidine rings is 1. The summed E-state index contributed by atoms with van der Waals surface area (Å²) in [5, 5.41) is 11.9. The number of carbonyl (C=O) groups excluding carboxylic acids is 1. The summed E-state index contributed by atoms with van der Waals surface area (Å²) >= 11 is 0. The van der Waals surface area contributed by atoms with E-state index in [1.165, 1.54) is 0 Å². The third kappa shape index (κ3) is 5.67. The van der Waals surface area contributed by atoms with Gasteiger partial charge in [0.2, 0.25) is 0 Å². The highest BCUT2D eigenvalue weighted by Crippen LogP contribution is 2.17. The van der Waals surface area contributed by atoms with Crippen molar-refractivity contribution < 1.29 is 23.4 Å². The third-order valence-electron chi connectivity index (χ3n) is 3.88. The molecule has 1 saturated heterocycles. The van der Waals surface area contributed by atoms with Crippen molar-refractivity contribution >= 4 is 6.03 Å². The molecule has 5 nitrogen and oxygen atoms in total. The van der Waals surface area contributed by atoms with Gasteiger partial charge in [-0.05, 0) is 36.5 Å². The van der Waals surface area contributed by atoms with Gasteiger partial charge < -0.3 is 20.1 Å². The first-order valence-electron chi connectivity index (χ1n) is 7.72. The average molecular weight is 328 g/mol. The second-order valence-corrected chi connectivity index (χ2v) is 5.62. The molecule has 1 aliphatic rings. The Morgan fingerprint density at radius 1 is 1.39 bits per heavy atom. The zero-order chi connectivity index (χ0) is 16.7. The van der Waals surface area contributed by atoms with Gasteiger partial charge >= 0.3 is 6.03 Å². The van der Waals surface area contributed by atoms with Gasteiger partial charge in [0.1, 0.15) is 12.4 Å². The van der Waals surface area contributed by atoms with Crippen molar-refractivity contribution in [3.8, 4) is 5.75 Å². The molecule has 1 fully saturated rings. The average Bonchev–Trinajstić information content (AvgIpc) is 2.58. The number of hydrogen-bond donors (Lipinski definition) is 2. The van der Waals surface area contributed by atoms with Gasteiger partial charge in [-0.15, -0.1) is 0 Å². The van der Waals surface area contributed by atoms with E-state index in [-0.39, 0.29) is 18.6 Å². The number of alkyl halides is 2. The Morgan fingerprint density at radius 2 is 2.13 bits per heavy atom. The molecule has 0 aromatic heterocycles. The van der Waals surface area contributed by atoms with Gasteiger partial charge in [-0.2, -0.15) is 0 Å². The normalized spacial score (nSPS) is 15.7.